The molecule has 7 aliphatic heterocycles. The Kier molecular flexibility index (Phi) is 17.7. The summed E-state index contributed by atoms with van der Waals surface area (Å²) in [5, 5.41) is 16.6. The Balaban J connectivity index is 0.000000150. The van der Waals surface area contributed by atoms with Crippen LogP contribution in [0.15, 0.2) is 60.7 Å². The van der Waals surface area contributed by atoms with Gasteiger partial charge in [-0.25, -0.2) is 9.59 Å². The van der Waals surface area contributed by atoms with Crippen LogP contribution in [0.4, 0.5) is 9.59 Å². The summed E-state index contributed by atoms with van der Waals surface area (Å²) in [6, 6.07) is 20.5. The average molecular weight is 944 g/mol. The molecule has 0 aliphatic carbocycles. The van der Waals surface area contributed by atoms with E-state index < -0.39 is 11.2 Å². The number of nitrogens with zero attached hydrogens (tertiary/aromatic N) is 4. The molecule has 0 bridgehead atoms. The highest BCUT2D eigenvalue weighted by atomic mass is 16.6. The van der Waals surface area contributed by atoms with Gasteiger partial charge in [0.25, 0.3) is 0 Å². The smallest absolute Gasteiger partial charge is 0.410 e. The lowest BCUT2D eigenvalue weighted by molar-refractivity contribution is -0.132. The van der Waals surface area contributed by atoms with E-state index in [2.05, 4.69) is 50.8 Å². The molecule has 9 rings (SSSR count). The van der Waals surface area contributed by atoms with Crippen LogP contribution in [-0.2, 0) is 41.7 Å². The van der Waals surface area contributed by atoms with E-state index in [4.69, 9.17) is 9.47 Å². The second kappa shape index (κ2) is 23.0. The van der Waals surface area contributed by atoms with Crippen molar-refractivity contribution in [3.63, 3.8) is 0 Å². The topological polar surface area (TPSA) is 194 Å². The molecule has 68 heavy (non-hydrogen) atoms. The first-order chi connectivity index (χ1) is 32.3. The second-order valence-corrected chi connectivity index (χ2v) is 21.0. The molecule has 0 atom stereocenters. The van der Waals surface area contributed by atoms with Gasteiger partial charge in [-0.05, 0) is 124 Å². The third kappa shape index (κ3) is 14.7. The highest BCUT2D eigenvalue weighted by Crippen LogP contribution is 2.33. The highest BCUT2D eigenvalue weighted by molar-refractivity contribution is 5.83. The van der Waals surface area contributed by atoms with Crippen LogP contribution in [0, 0.1) is 0 Å². The molecule has 17 heteroatoms. The van der Waals surface area contributed by atoms with Gasteiger partial charge >= 0.3 is 12.2 Å². The summed E-state index contributed by atoms with van der Waals surface area (Å²) < 4.78 is 10.5. The molecule has 374 valence electrons. The van der Waals surface area contributed by atoms with Gasteiger partial charge in [0.05, 0.1) is 24.4 Å². The third-order valence-electron chi connectivity index (χ3n) is 13.6. The number of ether oxygens (including phenoxy) is 2. The summed E-state index contributed by atoms with van der Waals surface area (Å²) in [7, 11) is 0. The van der Waals surface area contributed by atoms with Crippen molar-refractivity contribution < 1.29 is 38.2 Å². The Hall–Kier alpha value is -5.10. The average Bonchev–Trinajstić information content (AvgIpc) is 3.92. The van der Waals surface area contributed by atoms with Crippen molar-refractivity contribution >= 4 is 35.7 Å². The Bertz CT molecular complexity index is 1930. The maximum Gasteiger partial charge on any atom is 0.410 e. The van der Waals surface area contributed by atoms with Crippen LogP contribution in [0.2, 0.25) is 0 Å². The van der Waals surface area contributed by atoms with Gasteiger partial charge in [-0.2, -0.15) is 0 Å². The van der Waals surface area contributed by atoms with Crippen LogP contribution in [0.3, 0.4) is 0 Å². The number of Topliss-reactive ketones (excluding diaryl/α,β-unsaturated/α-hetero) is 1. The molecule has 0 radical (unpaired) electrons. The van der Waals surface area contributed by atoms with Gasteiger partial charge in [0.2, 0.25) is 17.7 Å². The Morgan fingerprint density at radius 1 is 0.544 bits per heavy atom. The van der Waals surface area contributed by atoms with E-state index in [9.17, 15) is 28.8 Å². The number of amides is 5. The molecular weight excluding hydrogens is 867 g/mol. The van der Waals surface area contributed by atoms with Crippen LogP contribution < -0.4 is 26.6 Å². The fraction of sp³-hybridized carbons (Fsp3) is 0.647. The molecule has 7 fully saturated rings. The van der Waals surface area contributed by atoms with E-state index in [1.165, 1.54) is 11.1 Å². The predicted molar refractivity (Wildman–Crippen MR) is 259 cm³/mol. The largest absolute Gasteiger partial charge is 0.444 e. The summed E-state index contributed by atoms with van der Waals surface area (Å²) in [4.78, 5) is 77.2. The normalized spacial score (nSPS) is 21.9. The van der Waals surface area contributed by atoms with Crippen molar-refractivity contribution in [2.45, 2.75) is 147 Å². The molecule has 2 aromatic rings. The molecule has 7 saturated heterocycles. The first-order valence-corrected chi connectivity index (χ1v) is 24.7. The van der Waals surface area contributed by atoms with E-state index >= 15 is 0 Å². The number of benzene rings is 2. The fourth-order valence-electron chi connectivity index (χ4n) is 9.78. The summed E-state index contributed by atoms with van der Waals surface area (Å²) >= 11 is 0. The lowest BCUT2D eigenvalue weighted by Gasteiger charge is -2.41. The van der Waals surface area contributed by atoms with E-state index in [0.717, 1.165) is 71.1 Å². The summed E-state index contributed by atoms with van der Waals surface area (Å²) in [6.07, 6.45) is 7.50. The first-order valence-electron chi connectivity index (χ1n) is 24.7. The third-order valence-corrected chi connectivity index (χ3v) is 13.6. The molecule has 7 heterocycles. The van der Waals surface area contributed by atoms with E-state index in [1.807, 2.05) is 87.7 Å². The Morgan fingerprint density at radius 3 is 1.31 bits per heavy atom. The minimum absolute atomic E-state index is 0.0599. The summed E-state index contributed by atoms with van der Waals surface area (Å²) in [5.74, 6) is 0.812. The molecule has 2 aromatic carbocycles. The van der Waals surface area contributed by atoms with Crippen LogP contribution in [-0.4, -0.2) is 149 Å². The number of hydrogen-bond acceptors (Lipinski definition) is 12. The number of carbonyl (C=O) groups excluding carboxylic acids is 6. The zero-order chi connectivity index (χ0) is 49.0. The van der Waals surface area contributed by atoms with E-state index in [1.54, 1.807) is 9.80 Å². The molecule has 0 unspecified atom stereocenters. The van der Waals surface area contributed by atoms with Gasteiger partial charge in [0.1, 0.15) is 17.0 Å². The van der Waals surface area contributed by atoms with Crippen molar-refractivity contribution in [3.8, 4) is 0 Å². The minimum Gasteiger partial charge on any atom is -0.444 e. The van der Waals surface area contributed by atoms with Crippen molar-refractivity contribution in [3.05, 3.63) is 71.8 Å². The molecule has 3 spiro atoms. The molecular formula is C51H77N9O8. The first kappa shape index (κ1) is 52.3. The maximum absolute atomic E-state index is 12.1. The maximum atomic E-state index is 12.1. The van der Waals surface area contributed by atoms with Gasteiger partial charge in [-0.15, -0.1) is 0 Å². The van der Waals surface area contributed by atoms with Gasteiger partial charge in [-0.3, -0.25) is 29.8 Å². The summed E-state index contributed by atoms with van der Waals surface area (Å²) in [6.45, 7) is 19.7. The van der Waals surface area contributed by atoms with Gasteiger partial charge in [0, 0.05) is 64.1 Å². The number of rotatable bonds is 4. The van der Waals surface area contributed by atoms with Crippen LogP contribution >= 0.6 is 0 Å². The van der Waals surface area contributed by atoms with Gasteiger partial charge in [-0.1, -0.05) is 60.7 Å². The zero-order valence-corrected chi connectivity index (χ0v) is 41.4. The molecule has 5 amide bonds. The quantitative estimate of drug-likeness (QED) is 0.286. The van der Waals surface area contributed by atoms with Crippen LogP contribution in [0.1, 0.15) is 117 Å². The summed E-state index contributed by atoms with van der Waals surface area (Å²) in [5.41, 5.74) is 1.21. The number of hydrogen-bond donors (Lipinski definition) is 5. The van der Waals surface area contributed by atoms with Crippen molar-refractivity contribution in [1.29, 1.82) is 0 Å². The van der Waals surface area contributed by atoms with E-state index in [-0.39, 0.29) is 52.6 Å². The predicted octanol–water partition coefficient (Wildman–Crippen LogP) is 4.65. The van der Waals surface area contributed by atoms with Crippen molar-refractivity contribution in [2.24, 2.45) is 0 Å². The van der Waals surface area contributed by atoms with Crippen molar-refractivity contribution in [2.75, 3.05) is 65.4 Å². The zero-order valence-electron chi connectivity index (χ0n) is 41.4. The molecule has 7 aliphatic rings. The van der Waals surface area contributed by atoms with E-state index in [0.29, 0.717) is 71.6 Å². The van der Waals surface area contributed by atoms with Crippen molar-refractivity contribution in [1.82, 2.24) is 46.2 Å². The molecule has 5 N–H and O–H groups in total. The second-order valence-electron chi connectivity index (χ2n) is 21.0. The van der Waals surface area contributed by atoms with Crippen LogP contribution in [0.5, 0.6) is 0 Å². The van der Waals surface area contributed by atoms with Gasteiger partial charge in [0.15, 0.2) is 0 Å². The lowest BCUT2D eigenvalue weighted by atomic mass is 9.86. The fourth-order valence-corrected chi connectivity index (χ4v) is 9.78. The highest BCUT2D eigenvalue weighted by Gasteiger charge is 2.47. The monoisotopic (exact) mass is 944 g/mol. The Labute approximate surface area is 403 Å². The lowest BCUT2D eigenvalue weighted by Crippen LogP contribution is -2.57. The molecule has 0 aromatic heterocycles. The number of piperidine rings is 4. The molecule has 0 saturated carbocycles. The number of nitrogens with one attached hydrogen (secondary N) is 5. The number of carbonyl (C=O) groups is 6. The standard InChI is InChI=1S/2C14H19N3O.C13H22N2O3.C10H17NO3/c2*18-13-10-16-14(6-8-15-9-7-14)17(13)11-12-4-2-1-3-5-12;1-12(2,3)18-11(17)15-8-6-13(7-9-15)5-4-10(16)14-13;1-10(2,3)14-9(13)11-6-4-8(12)5-7-11/h2*1-5,15-16H,6-11H2;4-9H2,1-3H3,(H,14,16);4-7H2,1-3H3. The SMILES string of the molecule is CC(C)(C)OC(=O)N1CCC(=O)CC1.CC(C)(C)OC(=O)N1CCC2(CCC(=O)N2)CC1.O=C1CNC2(CCNCC2)N1Cc1ccccc1.O=C1CNC2(CCNCC2)N1Cc1ccccc1. The number of ketones is 1. The Morgan fingerprint density at radius 2 is 0.941 bits per heavy atom. The van der Waals surface area contributed by atoms with Gasteiger partial charge < -0.3 is 45.0 Å². The minimum atomic E-state index is -0.460. The van der Waals surface area contributed by atoms with Crippen LogP contribution in [0.25, 0.3) is 0 Å². The number of likely N-dealkylation sites (tertiary alicyclic amines) is 2. The molecule has 17 nitrogen and oxygen atoms in total.